The summed E-state index contributed by atoms with van der Waals surface area (Å²) in [7, 11) is 0. The van der Waals surface area contributed by atoms with Gasteiger partial charge in [0.15, 0.2) is 0 Å². The molecule has 0 fully saturated rings. The van der Waals surface area contributed by atoms with E-state index in [0.717, 1.165) is 22.2 Å². The van der Waals surface area contributed by atoms with E-state index < -0.39 is 6.03 Å². The Bertz CT molecular complexity index is 1390. The maximum absolute atomic E-state index is 13.1. The van der Waals surface area contributed by atoms with Crippen molar-refractivity contribution in [1.29, 1.82) is 0 Å². The molecule has 1 N–H and O–H groups in total. The summed E-state index contributed by atoms with van der Waals surface area (Å²) in [4.78, 5) is 19.6. The molecular formula is C28H24N6O. The fraction of sp³-hybridized carbons (Fsp3) is 0.0714. The maximum Gasteiger partial charge on any atom is 0.348 e. The van der Waals surface area contributed by atoms with Gasteiger partial charge >= 0.3 is 6.03 Å². The number of hydrogen-bond donors (Lipinski definition) is 1. The van der Waals surface area contributed by atoms with Crippen molar-refractivity contribution in [3.05, 3.63) is 126 Å². The number of carbonyl (C=O) groups is 1. The molecule has 0 unspecified atom stereocenters. The van der Waals surface area contributed by atoms with Gasteiger partial charge in [0.05, 0.1) is 5.52 Å². The van der Waals surface area contributed by atoms with E-state index >= 15 is 0 Å². The SMILES string of the molecule is O=C(N=C(N(Cc1ccccc1)Cc1ccccc1)n1nnc2ccccc21)Nc1ccccc1. The lowest BCUT2D eigenvalue weighted by Crippen LogP contribution is -2.37. The van der Waals surface area contributed by atoms with E-state index in [2.05, 4.69) is 44.9 Å². The van der Waals surface area contributed by atoms with Crippen molar-refractivity contribution in [3.63, 3.8) is 0 Å². The van der Waals surface area contributed by atoms with Gasteiger partial charge in [-0.05, 0) is 35.4 Å². The summed E-state index contributed by atoms with van der Waals surface area (Å²) >= 11 is 0. The Labute approximate surface area is 203 Å². The second kappa shape index (κ2) is 10.4. The van der Waals surface area contributed by atoms with Crippen LogP contribution in [0.15, 0.2) is 120 Å². The molecule has 0 saturated carbocycles. The molecule has 1 aromatic heterocycles. The molecular weight excluding hydrogens is 436 g/mol. The molecule has 4 aromatic carbocycles. The van der Waals surface area contributed by atoms with Gasteiger partial charge in [0.25, 0.3) is 0 Å². The number of nitrogens with zero attached hydrogens (tertiary/aromatic N) is 5. The third-order valence-electron chi connectivity index (χ3n) is 5.48. The molecule has 0 aliphatic heterocycles. The lowest BCUT2D eigenvalue weighted by atomic mass is 10.2. The van der Waals surface area contributed by atoms with E-state index in [1.165, 1.54) is 0 Å². The van der Waals surface area contributed by atoms with Crippen molar-refractivity contribution in [2.24, 2.45) is 4.99 Å². The fourth-order valence-electron chi connectivity index (χ4n) is 3.84. The Kier molecular flexibility index (Phi) is 6.57. The summed E-state index contributed by atoms with van der Waals surface area (Å²) in [5, 5.41) is 11.5. The molecule has 2 amide bonds. The van der Waals surface area contributed by atoms with Crippen molar-refractivity contribution in [2.75, 3.05) is 5.32 Å². The number of fused-ring (bicyclic) bond motifs is 1. The van der Waals surface area contributed by atoms with Gasteiger partial charge in [0, 0.05) is 18.8 Å². The second-order valence-electron chi connectivity index (χ2n) is 8.03. The molecule has 0 aliphatic rings. The first-order valence-corrected chi connectivity index (χ1v) is 11.3. The Balaban J connectivity index is 1.59. The van der Waals surface area contributed by atoms with Gasteiger partial charge in [-0.2, -0.15) is 9.67 Å². The van der Waals surface area contributed by atoms with E-state index in [0.29, 0.717) is 24.7 Å². The van der Waals surface area contributed by atoms with Crippen LogP contribution in [0.2, 0.25) is 0 Å². The van der Waals surface area contributed by atoms with Crippen LogP contribution in [0.25, 0.3) is 11.0 Å². The molecule has 7 nitrogen and oxygen atoms in total. The van der Waals surface area contributed by atoms with E-state index in [9.17, 15) is 4.79 Å². The first-order chi connectivity index (χ1) is 17.3. The second-order valence-corrected chi connectivity index (χ2v) is 8.03. The summed E-state index contributed by atoms with van der Waals surface area (Å²) in [6.45, 7) is 1.06. The van der Waals surface area contributed by atoms with Crippen molar-refractivity contribution in [2.45, 2.75) is 13.1 Å². The van der Waals surface area contributed by atoms with Crippen LogP contribution in [0.5, 0.6) is 0 Å². The first-order valence-electron chi connectivity index (χ1n) is 11.3. The number of aliphatic imine (C=N–C) groups is 1. The molecule has 5 aromatic rings. The van der Waals surface area contributed by atoms with Gasteiger partial charge in [0.1, 0.15) is 5.52 Å². The Morgan fingerprint density at radius 3 is 1.91 bits per heavy atom. The van der Waals surface area contributed by atoms with Crippen LogP contribution in [-0.2, 0) is 13.1 Å². The average Bonchev–Trinajstić information content (AvgIpc) is 3.33. The van der Waals surface area contributed by atoms with Gasteiger partial charge in [-0.1, -0.05) is 96.2 Å². The van der Waals surface area contributed by atoms with Crippen LogP contribution in [0.4, 0.5) is 10.5 Å². The number of rotatable bonds is 5. The first kappa shape index (κ1) is 22.0. The molecule has 0 atom stereocenters. The highest BCUT2D eigenvalue weighted by molar-refractivity contribution is 6.01. The number of aromatic nitrogens is 3. The molecule has 0 bridgehead atoms. The molecule has 1 heterocycles. The molecule has 0 spiro atoms. The Morgan fingerprint density at radius 2 is 1.29 bits per heavy atom. The molecule has 172 valence electrons. The van der Waals surface area contributed by atoms with Gasteiger partial charge in [0.2, 0.25) is 5.96 Å². The monoisotopic (exact) mass is 460 g/mol. The summed E-state index contributed by atoms with van der Waals surface area (Å²) in [5.74, 6) is 0.389. The molecule has 35 heavy (non-hydrogen) atoms. The van der Waals surface area contributed by atoms with E-state index in [-0.39, 0.29) is 0 Å². The summed E-state index contributed by atoms with van der Waals surface area (Å²) in [5.41, 5.74) is 4.34. The standard InChI is InChI=1S/C28H24N6O/c35-27(29-24-16-8-3-9-17-24)30-28(34-26-19-11-10-18-25(26)31-32-34)33(20-22-12-4-1-5-13-22)21-23-14-6-2-7-15-23/h1-19H,20-21H2,(H,29,35). The highest BCUT2D eigenvalue weighted by atomic mass is 16.2. The Hall–Kier alpha value is -4.78. The van der Waals surface area contributed by atoms with Crippen LogP contribution in [-0.4, -0.2) is 31.9 Å². The van der Waals surface area contributed by atoms with Crippen molar-refractivity contribution in [3.8, 4) is 0 Å². The number of carbonyl (C=O) groups excluding carboxylic acids is 1. The largest absolute Gasteiger partial charge is 0.348 e. The third-order valence-corrected chi connectivity index (χ3v) is 5.48. The highest BCUT2D eigenvalue weighted by Gasteiger charge is 2.20. The number of benzene rings is 4. The lowest BCUT2D eigenvalue weighted by molar-refractivity contribution is 0.258. The molecule has 7 heteroatoms. The minimum absolute atomic E-state index is 0.389. The van der Waals surface area contributed by atoms with E-state index in [4.69, 9.17) is 0 Å². The molecule has 0 radical (unpaired) electrons. The zero-order chi connectivity index (χ0) is 23.9. The van der Waals surface area contributed by atoms with Crippen LogP contribution >= 0.6 is 0 Å². The van der Waals surface area contributed by atoms with Crippen molar-refractivity contribution >= 4 is 28.7 Å². The zero-order valence-corrected chi connectivity index (χ0v) is 19.0. The van der Waals surface area contributed by atoms with Crippen molar-refractivity contribution in [1.82, 2.24) is 19.9 Å². The van der Waals surface area contributed by atoms with E-state index in [1.807, 2.05) is 95.9 Å². The van der Waals surface area contributed by atoms with Gasteiger partial charge in [-0.15, -0.1) is 5.10 Å². The number of nitrogens with one attached hydrogen (secondary N) is 1. The molecule has 5 rings (SSSR count). The average molecular weight is 461 g/mol. The third kappa shape index (κ3) is 5.42. The van der Waals surface area contributed by atoms with Gasteiger partial charge < -0.3 is 10.2 Å². The lowest BCUT2D eigenvalue weighted by Gasteiger charge is -2.26. The summed E-state index contributed by atoms with van der Waals surface area (Å²) in [6.07, 6.45) is 0. The van der Waals surface area contributed by atoms with Crippen LogP contribution < -0.4 is 5.32 Å². The molecule has 0 aliphatic carbocycles. The van der Waals surface area contributed by atoms with Crippen LogP contribution in [0.1, 0.15) is 11.1 Å². The number of anilines is 1. The van der Waals surface area contributed by atoms with Crippen LogP contribution in [0.3, 0.4) is 0 Å². The highest BCUT2D eigenvalue weighted by Crippen LogP contribution is 2.17. The minimum atomic E-state index is -0.489. The number of amides is 2. The van der Waals surface area contributed by atoms with Gasteiger partial charge in [-0.25, -0.2) is 4.79 Å². The predicted molar refractivity (Wildman–Crippen MR) is 138 cm³/mol. The predicted octanol–water partition coefficient (Wildman–Crippen LogP) is 5.57. The van der Waals surface area contributed by atoms with Crippen molar-refractivity contribution < 1.29 is 4.79 Å². The molecule has 0 saturated heterocycles. The van der Waals surface area contributed by atoms with Crippen LogP contribution in [0, 0.1) is 0 Å². The zero-order valence-electron chi connectivity index (χ0n) is 19.0. The quantitative estimate of drug-likeness (QED) is 0.275. The Morgan fingerprint density at radius 1 is 0.743 bits per heavy atom. The number of urea groups is 1. The van der Waals surface area contributed by atoms with Gasteiger partial charge in [-0.3, -0.25) is 0 Å². The van der Waals surface area contributed by atoms with E-state index in [1.54, 1.807) is 4.68 Å². The summed E-state index contributed by atoms with van der Waals surface area (Å²) < 4.78 is 1.63. The number of para-hydroxylation sites is 2. The maximum atomic E-state index is 13.1. The fourth-order valence-corrected chi connectivity index (χ4v) is 3.84. The normalized spacial score (nSPS) is 11.4. The topological polar surface area (TPSA) is 75.4 Å². The summed E-state index contributed by atoms with van der Waals surface area (Å²) in [6, 6.07) is 36.6. The number of hydrogen-bond acceptors (Lipinski definition) is 3. The smallest absolute Gasteiger partial charge is 0.332 e. The minimum Gasteiger partial charge on any atom is -0.332 e.